The summed E-state index contributed by atoms with van der Waals surface area (Å²) in [6, 6.07) is 8.28. The van der Waals surface area contributed by atoms with E-state index in [1.807, 2.05) is 32.9 Å². The summed E-state index contributed by atoms with van der Waals surface area (Å²) < 4.78 is 5.63. The molecule has 1 atom stereocenters. The van der Waals surface area contributed by atoms with Crippen LogP contribution < -0.4 is 15.8 Å². The van der Waals surface area contributed by atoms with E-state index in [-0.39, 0.29) is 12.1 Å². The first kappa shape index (κ1) is 15.6. The van der Waals surface area contributed by atoms with Crippen molar-refractivity contribution in [2.24, 2.45) is 5.73 Å². The predicted molar refractivity (Wildman–Crippen MR) is 80.1 cm³/mol. The first-order valence-electron chi connectivity index (χ1n) is 6.77. The Hall–Kier alpha value is -1.50. The first-order valence-corrected chi connectivity index (χ1v) is 6.77. The quantitative estimate of drug-likeness (QED) is 0.585. The van der Waals surface area contributed by atoms with E-state index in [0.717, 1.165) is 18.7 Å². The van der Waals surface area contributed by atoms with E-state index in [4.69, 9.17) is 10.5 Å². The Morgan fingerprint density at radius 1 is 1.26 bits per heavy atom. The summed E-state index contributed by atoms with van der Waals surface area (Å²) in [5.41, 5.74) is 6.99. The van der Waals surface area contributed by atoms with Gasteiger partial charge in [-0.2, -0.15) is 0 Å². The molecule has 3 nitrogen and oxygen atoms in total. The van der Waals surface area contributed by atoms with Crippen LogP contribution in [0.4, 0.5) is 0 Å². The normalized spacial score (nSPS) is 11.8. The van der Waals surface area contributed by atoms with E-state index in [2.05, 4.69) is 29.3 Å². The van der Waals surface area contributed by atoms with Gasteiger partial charge in [0.1, 0.15) is 5.75 Å². The molecule has 0 aliphatic carbocycles. The molecule has 0 aromatic heterocycles. The number of hydrogen-bond acceptors (Lipinski definition) is 3. The van der Waals surface area contributed by atoms with Gasteiger partial charge < -0.3 is 15.8 Å². The van der Waals surface area contributed by atoms with Crippen molar-refractivity contribution >= 4 is 0 Å². The number of nitrogens with one attached hydrogen (secondary N) is 1. The second-order valence-corrected chi connectivity index (χ2v) is 4.65. The van der Waals surface area contributed by atoms with Crippen LogP contribution >= 0.6 is 0 Å². The number of benzene rings is 1. The Bertz CT molecular complexity index is 415. The standard InChI is InChI=1S/C16H24N2O/c1-4-5-6-11-18-16(12-17)14-7-9-15(10-8-14)19-13(2)3/h7-10,13,16,18H,6,11-12,17H2,1-3H3. The lowest BCUT2D eigenvalue weighted by molar-refractivity contribution is 0.242. The monoisotopic (exact) mass is 260 g/mol. The molecule has 0 spiro atoms. The highest BCUT2D eigenvalue weighted by Crippen LogP contribution is 2.18. The Balaban J connectivity index is 2.57. The lowest BCUT2D eigenvalue weighted by atomic mass is 10.1. The molecule has 0 aliphatic rings. The van der Waals surface area contributed by atoms with E-state index in [9.17, 15) is 0 Å². The molecule has 1 aromatic carbocycles. The molecule has 0 saturated carbocycles. The van der Waals surface area contributed by atoms with Crippen molar-refractivity contribution in [1.82, 2.24) is 5.32 Å². The molecule has 1 aromatic rings. The fourth-order valence-electron chi connectivity index (χ4n) is 1.82. The average Bonchev–Trinajstić information content (AvgIpc) is 2.40. The molecule has 1 rings (SSSR count). The van der Waals surface area contributed by atoms with E-state index in [0.29, 0.717) is 6.54 Å². The number of hydrogen-bond donors (Lipinski definition) is 2. The average molecular weight is 260 g/mol. The molecular formula is C16H24N2O. The molecule has 3 heteroatoms. The fourth-order valence-corrected chi connectivity index (χ4v) is 1.82. The molecule has 0 fully saturated rings. The van der Waals surface area contributed by atoms with Gasteiger partial charge in [0.05, 0.1) is 6.10 Å². The van der Waals surface area contributed by atoms with Gasteiger partial charge in [0.2, 0.25) is 0 Å². The first-order chi connectivity index (χ1) is 9.17. The summed E-state index contributed by atoms with van der Waals surface area (Å²) >= 11 is 0. The van der Waals surface area contributed by atoms with Crippen LogP contribution in [0, 0.1) is 11.8 Å². The van der Waals surface area contributed by atoms with Gasteiger partial charge in [-0.15, -0.1) is 11.8 Å². The maximum absolute atomic E-state index is 5.81. The van der Waals surface area contributed by atoms with Crippen LogP contribution in [0.3, 0.4) is 0 Å². The van der Waals surface area contributed by atoms with Crippen molar-refractivity contribution in [3.63, 3.8) is 0 Å². The summed E-state index contributed by atoms with van der Waals surface area (Å²) in [7, 11) is 0. The van der Waals surface area contributed by atoms with Gasteiger partial charge in [0, 0.05) is 25.6 Å². The van der Waals surface area contributed by atoms with Gasteiger partial charge in [0.15, 0.2) is 0 Å². The van der Waals surface area contributed by atoms with Crippen LogP contribution in [0.15, 0.2) is 24.3 Å². The van der Waals surface area contributed by atoms with Crippen LogP contribution in [0.5, 0.6) is 5.75 Å². The molecule has 0 bridgehead atoms. The number of nitrogens with two attached hydrogens (primary N) is 1. The molecule has 1 unspecified atom stereocenters. The summed E-state index contributed by atoms with van der Waals surface area (Å²) in [5, 5.41) is 3.41. The van der Waals surface area contributed by atoms with Gasteiger partial charge in [0.25, 0.3) is 0 Å². The summed E-state index contributed by atoms with van der Waals surface area (Å²) in [6.45, 7) is 7.32. The third-order valence-electron chi connectivity index (χ3n) is 2.71. The number of ether oxygens (including phenoxy) is 1. The summed E-state index contributed by atoms with van der Waals surface area (Å²) in [4.78, 5) is 0. The van der Waals surface area contributed by atoms with Crippen molar-refractivity contribution < 1.29 is 4.74 Å². The smallest absolute Gasteiger partial charge is 0.119 e. The lowest BCUT2D eigenvalue weighted by Gasteiger charge is -2.17. The van der Waals surface area contributed by atoms with Crippen LogP contribution in [0.1, 0.15) is 38.8 Å². The van der Waals surface area contributed by atoms with Crippen molar-refractivity contribution in [2.45, 2.75) is 39.3 Å². The van der Waals surface area contributed by atoms with E-state index in [1.165, 1.54) is 5.56 Å². The highest BCUT2D eigenvalue weighted by molar-refractivity contribution is 5.29. The minimum Gasteiger partial charge on any atom is -0.491 e. The zero-order valence-corrected chi connectivity index (χ0v) is 12.1. The Morgan fingerprint density at radius 2 is 1.95 bits per heavy atom. The van der Waals surface area contributed by atoms with Gasteiger partial charge in [-0.3, -0.25) is 0 Å². The third-order valence-corrected chi connectivity index (χ3v) is 2.71. The van der Waals surface area contributed by atoms with Gasteiger partial charge in [-0.05, 0) is 38.5 Å². The lowest BCUT2D eigenvalue weighted by Crippen LogP contribution is -2.28. The molecular weight excluding hydrogens is 236 g/mol. The second kappa shape index (κ2) is 8.58. The Kier molecular flexibility index (Phi) is 7.02. The molecule has 0 radical (unpaired) electrons. The minimum atomic E-state index is 0.173. The Labute approximate surface area is 116 Å². The van der Waals surface area contributed by atoms with Crippen molar-refractivity contribution in [1.29, 1.82) is 0 Å². The van der Waals surface area contributed by atoms with E-state index < -0.39 is 0 Å². The second-order valence-electron chi connectivity index (χ2n) is 4.65. The number of rotatable bonds is 7. The summed E-state index contributed by atoms with van der Waals surface area (Å²) in [6.07, 6.45) is 1.04. The molecule has 0 saturated heterocycles. The molecule has 19 heavy (non-hydrogen) atoms. The molecule has 0 aliphatic heterocycles. The largest absolute Gasteiger partial charge is 0.491 e. The zero-order chi connectivity index (χ0) is 14.1. The molecule has 0 amide bonds. The highest BCUT2D eigenvalue weighted by Gasteiger charge is 2.08. The SMILES string of the molecule is CC#CCCNC(CN)c1ccc(OC(C)C)cc1. The maximum Gasteiger partial charge on any atom is 0.119 e. The van der Waals surface area contributed by atoms with Gasteiger partial charge in [-0.25, -0.2) is 0 Å². The van der Waals surface area contributed by atoms with Crippen LogP contribution in [0.25, 0.3) is 0 Å². The van der Waals surface area contributed by atoms with Crippen LogP contribution in [0.2, 0.25) is 0 Å². The van der Waals surface area contributed by atoms with Crippen molar-refractivity contribution in [3.8, 4) is 17.6 Å². The van der Waals surface area contributed by atoms with Gasteiger partial charge >= 0.3 is 0 Å². The van der Waals surface area contributed by atoms with Crippen molar-refractivity contribution in [2.75, 3.05) is 13.1 Å². The Morgan fingerprint density at radius 3 is 2.47 bits per heavy atom. The minimum absolute atomic E-state index is 0.173. The zero-order valence-electron chi connectivity index (χ0n) is 12.1. The fraction of sp³-hybridized carbons (Fsp3) is 0.500. The predicted octanol–water partition coefficient (Wildman–Crippen LogP) is 2.48. The van der Waals surface area contributed by atoms with E-state index in [1.54, 1.807) is 0 Å². The third kappa shape index (κ3) is 5.78. The topological polar surface area (TPSA) is 47.3 Å². The maximum atomic E-state index is 5.81. The van der Waals surface area contributed by atoms with E-state index >= 15 is 0 Å². The van der Waals surface area contributed by atoms with Crippen molar-refractivity contribution in [3.05, 3.63) is 29.8 Å². The van der Waals surface area contributed by atoms with Crippen LogP contribution in [-0.4, -0.2) is 19.2 Å². The summed E-state index contributed by atoms with van der Waals surface area (Å²) in [5.74, 6) is 6.82. The van der Waals surface area contributed by atoms with Gasteiger partial charge in [-0.1, -0.05) is 12.1 Å². The molecule has 0 heterocycles. The highest BCUT2D eigenvalue weighted by atomic mass is 16.5. The molecule has 104 valence electrons. The van der Waals surface area contributed by atoms with Crippen LogP contribution in [-0.2, 0) is 0 Å². The molecule has 3 N–H and O–H groups in total.